The molecule has 2 amide bonds. The van der Waals surface area contributed by atoms with Crippen LogP contribution in [-0.4, -0.2) is 58.3 Å². The molecule has 6 heteroatoms. The normalized spacial score (nSPS) is 26.0. The maximum atomic E-state index is 12.5. The van der Waals surface area contributed by atoms with Gasteiger partial charge in [-0.3, -0.25) is 19.5 Å². The van der Waals surface area contributed by atoms with E-state index in [0.717, 1.165) is 12.2 Å². The minimum absolute atomic E-state index is 0.0379. The zero-order valence-electron chi connectivity index (χ0n) is 13.0. The summed E-state index contributed by atoms with van der Waals surface area (Å²) < 4.78 is 0. The summed E-state index contributed by atoms with van der Waals surface area (Å²) in [4.78, 5) is 33.1. The van der Waals surface area contributed by atoms with Gasteiger partial charge in [0.05, 0.1) is 5.69 Å². The molecule has 1 aromatic rings. The lowest BCUT2D eigenvalue weighted by Gasteiger charge is -2.46. The van der Waals surface area contributed by atoms with E-state index in [9.17, 15) is 9.59 Å². The molecule has 3 rings (SSSR count). The van der Waals surface area contributed by atoms with E-state index >= 15 is 0 Å². The summed E-state index contributed by atoms with van der Waals surface area (Å²) in [6.45, 7) is 6.57. The van der Waals surface area contributed by atoms with E-state index in [4.69, 9.17) is 0 Å². The molecule has 2 aliphatic heterocycles. The number of amides is 2. The molecule has 22 heavy (non-hydrogen) atoms. The van der Waals surface area contributed by atoms with Gasteiger partial charge < -0.3 is 10.2 Å². The number of nitrogens with zero attached hydrogens (tertiary/aromatic N) is 3. The fourth-order valence-electron chi connectivity index (χ4n) is 3.13. The van der Waals surface area contributed by atoms with Crippen LogP contribution in [0.25, 0.3) is 0 Å². The van der Waals surface area contributed by atoms with E-state index in [-0.39, 0.29) is 29.8 Å². The van der Waals surface area contributed by atoms with E-state index in [1.807, 2.05) is 32.0 Å². The summed E-state index contributed by atoms with van der Waals surface area (Å²) >= 11 is 0. The van der Waals surface area contributed by atoms with E-state index < -0.39 is 0 Å². The second-order valence-electron chi connectivity index (χ2n) is 6.33. The fourth-order valence-corrected chi connectivity index (χ4v) is 3.13. The van der Waals surface area contributed by atoms with Gasteiger partial charge in [-0.1, -0.05) is 19.9 Å². The molecule has 0 saturated carbocycles. The smallest absolute Gasteiger partial charge is 0.246 e. The second-order valence-corrected chi connectivity index (χ2v) is 6.33. The summed E-state index contributed by atoms with van der Waals surface area (Å²) in [6, 6.07) is 5.07. The van der Waals surface area contributed by atoms with Crippen LogP contribution in [0.1, 0.15) is 19.5 Å². The van der Waals surface area contributed by atoms with E-state index in [0.29, 0.717) is 19.6 Å². The number of piperazine rings is 2. The molecule has 1 aromatic heterocycles. The SMILES string of the molecule is CC(C)[C@H]1NC(=O)[C@H]2CN(Cc3ccccn3)CCN2C1=O. The lowest BCUT2D eigenvalue weighted by atomic mass is 9.96. The van der Waals surface area contributed by atoms with Gasteiger partial charge in [-0.25, -0.2) is 0 Å². The average Bonchev–Trinajstić information content (AvgIpc) is 2.51. The summed E-state index contributed by atoms with van der Waals surface area (Å²) in [5, 5.41) is 2.88. The van der Waals surface area contributed by atoms with E-state index in [1.165, 1.54) is 0 Å². The molecular weight excluding hydrogens is 280 g/mol. The molecule has 2 aliphatic rings. The van der Waals surface area contributed by atoms with Crippen LogP contribution in [0.4, 0.5) is 0 Å². The number of carbonyl (C=O) groups is 2. The van der Waals surface area contributed by atoms with Crippen LogP contribution in [0.15, 0.2) is 24.4 Å². The first-order valence-electron chi connectivity index (χ1n) is 7.79. The van der Waals surface area contributed by atoms with E-state index in [2.05, 4.69) is 15.2 Å². The molecule has 0 radical (unpaired) electrons. The third-order valence-electron chi connectivity index (χ3n) is 4.39. The Labute approximate surface area is 130 Å². The number of aromatic nitrogens is 1. The fraction of sp³-hybridized carbons (Fsp3) is 0.562. The Morgan fingerprint density at radius 3 is 2.82 bits per heavy atom. The maximum absolute atomic E-state index is 12.5. The number of hydrogen-bond acceptors (Lipinski definition) is 4. The maximum Gasteiger partial charge on any atom is 0.246 e. The Morgan fingerprint density at radius 1 is 1.32 bits per heavy atom. The van der Waals surface area contributed by atoms with Crippen molar-refractivity contribution in [1.29, 1.82) is 0 Å². The number of rotatable bonds is 3. The molecule has 0 aromatic carbocycles. The van der Waals surface area contributed by atoms with Gasteiger partial charge in [0.25, 0.3) is 0 Å². The van der Waals surface area contributed by atoms with Crippen LogP contribution in [0.3, 0.4) is 0 Å². The van der Waals surface area contributed by atoms with Crippen LogP contribution in [-0.2, 0) is 16.1 Å². The molecule has 2 saturated heterocycles. The third-order valence-corrected chi connectivity index (χ3v) is 4.39. The summed E-state index contributed by atoms with van der Waals surface area (Å²) in [5.74, 6) is 0.130. The first kappa shape index (κ1) is 15.0. The van der Waals surface area contributed by atoms with E-state index in [1.54, 1.807) is 11.1 Å². The molecule has 2 atom stereocenters. The van der Waals surface area contributed by atoms with Gasteiger partial charge in [0.2, 0.25) is 11.8 Å². The lowest BCUT2D eigenvalue weighted by Crippen LogP contribution is -2.70. The van der Waals surface area contributed by atoms with Crippen LogP contribution in [0.5, 0.6) is 0 Å². The highest BCUT2D eigenvalue weighted by molar-refractivity contribution is 5.97. The highest BCUT2D eigenvalue weighted by Gasteiger charge is 2.44. The molecular formula is C16H22N4O2. The molecule has 0 aliphatic carbocycles. The molecule has 0 bridgehead atoms. The number of pyridine rings is 1. The highest BCUT2D eigenvalue weighted by atomic mass is 16.2. The van der Waals surface area contributed by atoms with Crippen LogP contribution in [0, 0.1) is 5.92 Å². The number of fused-ring (bicyclic) bond motifs is 1. The molecule has 1 N–H and O–H groups in total. The van der Waals surface area contributed by atoms with Crippen molar-refractivity contribution in [1.82, 2.24) is 20.1 Å². The molecule has 0 spiro atoms. The predicted molar refractivity (Wildman–Crippen MR) is 81.8 cm³/mol. The predicted octanol–water partition coefficient (Wildman–Crippen LogP) is 0.249. The lowest BCUT2D eigenvalue weighted by molar-refractivity contribution is -0.154. The van der Waals surface area contributed by atoms with Gasteiger partial charge in [0.1, 0.15) is 12.1 Å². The Morgan fingerprint density at radius 2 is 2.14 bits per heavy atom. The minimum atomic E-state index is -0.383. The van der Waals surface area contributed by atoms with Gasteiger partial charge in [-0.2, -0.15) is 0 Å². The summed E-state index contributed by atoms with van der Waals surface area (Å²) in [5.41, 5.74) is 0.985. The number of nitrogens with one attached hydrogen (secondary N) is 1. The first-order valence-corrected chi connectivity index (χ1v) is 7.79. The van der Waals surface area contributed by atoms with Crippen molar-refractivity contribution in [3.8, 4) is 0 Å². The first-order chi connectivity index (χ1) is 10.6. The summed E-state index contributed by atoms with van der Waals surface area (Å²) in [6.07, 6.45) is 1.77. The van der Waals surface area contributed by atoms with Gasteiger partial charge in [0, 0.05) is 32.4 Å². The molecule has 118 valence electrons. The van der Waals surface area contributed by atoms with Crippen LogP contribution < -0.4 is 5.32 Å². The largest absolute Gasteiger partial charge is 0.342 e. The quantitative estimate of drug-likeness (QED) is 0.869. The van der Waals surface area contributed by atoms with Crippen LogP contribution >= 0.6 is 0 Å². The van der Waals surface area contributed by atoms with Gasteiger partial charge in [-0.05, 0) is 18.1 Å². The molecule has 6 nitrogen and oxygen atoms in total. The van der Waals surface area contributed by atoms with Crippen molar-refractivity contribution in [2.24, 2.45) is 5.92 Å². The van der Waals surface area contributed by atoms with Crippen molar-refractivity contribution >= 4 is 11.8 Å². The highest BCUT2D eigenvalue weighted by Crippen LogP contribution is 2.20. The summed E-state index contributed by atoms with van der Waals surface area (Å²) in [7, 11) is 0. The van der Waals surface area contributed by atoms with Crippen molar-refractivity contribution in [2.75, 3.05) is 19.6 Å². The van der Waals surface area contributed by atoms with Crippen molar-refractivity contribution in [3.63, 3.8) is 0 Å². The van der Waals surface area contributed by atoms with Gasteiger partial charge in [-0.15, -0.1) is 0 Å². The van der Waals surface area contributed by atoms with Crippen LogP contribution in [0.2, 0.25) is 0 Å². The molecule has 3 heterocycles. The average molecular weight is 302 g/mol. The van der Waals surface area contributed by atoms with Gasteiger partial charge in [0.15, 0.2) is 0 Å². The Bertz CT molecular complexity index is 561. The standard InChI is InChI=1S/C16H22N4O2/c1-11(2)14-16(22)20-8-7-19(10-13(20)15(21)18-14)9-12-5-3-4-6-17-12/h3-6,11,13-14H,7-10H2,1-2H3,(H,18,21)/t13-,14-/m1/s1. The second kappa shape index (κ2) is 6.04. The Balaban J connectivity index is 1.68. The zero-order chi connectivity index (χ0) is 15.7. The Kier molecular flexibility index (Phi) is 4.11. The monoisotopic (exact) mass is 302 g/mol. The number of hydrogen-bond donors (Lipinski definition) is 1. The van der Waals surface area contributed by atoms with Crippen molar-refractivity contribution in [2.45, 2.75) is 32.5 Å². The molecule has 0 unspecified atom stereocenters. The van der Waals surface area contributed by atoms with Crippen molar-refractivity contribution in [3.05, 3.63) is 30.1 Å². The minimum Gasteiger partial charge on any atom is -0.342 e. The Hall–Kier alpha value is -1.95. The topological polar surface area (TPSA) is 65.5 Å². The third kappa shape index (κ3) is 2.83. The van der Waals surface area contributed by atoms with Crippen molar-refractivity contribution < 1.29 is 9.59 Å². The van der Waals surface area contributed by atoms with Gasteiger partial charge >= 0.3 is 0 Å². The zero-order valence-corrected chi connectivity index (χ0v) is 13.0. The number of carbonyl (C=O) groups excluding carboxylic acids is 2. The molecule has 2 fully saturated rings.